The summed E-state index contributed by atoms with van der Waals surface area (Å²) >= 11 is 6.04. The van der Waals surface area contributed by atoms with Crippen LogP contribution in [0.1, 0.15) is 15.9 Å². The van der Waals surface area contributed by atoms with E-state index >= 15 is 0 Å². The van der Waals surface area contributed by atoms with Gasteiger partial charge >= 0.3 is 0 Å². The maximum atomic E-state index is 14.8. The summed E-state index contributed by atoms with van der Waals surface area (Å²) in [5.41, 5.74) is 6.53. The molecule has 10 heteroatoms. The molecule has 2 aromatic heterocycles. The number of nitrogens with two attached hydrogens (primary N) is 1. The van der Waals surface area contributed by atoms with Crippen LogP contribution in [0.4, 0.5) is 10.2 Å². The Balaban J connectivity index is 1.52. The van der Waals surface area contributed by atoms with Gasteiger partial charge in [0, 0.05) is 37.1 Å². The van der Waals surface area contributed by atoms with E-state index in [0.29, 0.717) is 5.75 Å². The molecule has 2 aromatic carbocycles. The predicted octanol–water partition coefficient (Wildman–Crippen LogP) is 4.34. The molecule has 0 spiro atoms. The van der Waals surface area contributed by atoms with Gasteiger partial charge in [-0.25, -0.2) is 9.37 Å². The van der Waals surface area contributed by atoms with Gasteiger partial charge in [0.25, 0.3) is 11.5 Å². The van der Waals surface area contributed by atoms with Gasteiger partial charge in [0.05, 0.1) is 18.4 Å². The summed E-state index contributed by atoms with van der Waals surface area (Å²) in [5, 5.41) is 2.85. The van der Waals surface area contributed by atoms with Crippen molar-refractivity contribution >= 4 is 23.3 Å². The average molecular weight is 495 g/mol. The SMILES string of the molecule is COc1ccc(CNC(=O)c2ccc(=O)n(-c3ccc(Oc4ccnc(N)c4Cl)c(F)c3)c2)cc1. The van der Waals surface area contributed by atoms with Crippen LogP contribution in [-0.4, -0.2) is 22.6 Å². The van der Waals surface area contributed by atoms with Crippen molar-refractivity contribution in [1.29, 1.82) is 0 Å². The van der Waals surface area contributed by atoms with Crippen LogP contribution in [0.5, 0.6) is 17.2 Å². The number of anilines is 1. The van der Waals surface area contributed by atoms with Gasteiger partial charge in [0.15, 0.2) is 17.3 Å². The number of nitrogens with one attached hydrogen (secondary N) is 1. The van der Waals surface area contributed by atoms with E-state index in [0.717, 1.165) is 11.6 Å². The van der Waals surface area contributed by atoms with Gasteiger partial charge in [-0.05, 0) is 35.9 Å². The molecule has 35 heavy (non-hydrogen) atoms. The fraction of sp³-hybridized carbons (Fsp3) is 0.0800. The molecular formula is C25H20ClFN4O4. The summed E-state index contributed by atoms with van der Waals surface area (Å²) in [4.78, 5) is 28.9. The predicted molar refractivity (Wildman–Crippen MR) is 130 cm³/mol. The Morgan fingerprint density at radius 3 is 2.60 bits per heavy atom. The third-order valence-electron chi connectivity index (χ3n) is 5.08. The molecule has 0 saturated carbocycles. The number of pyridine rings is 2. The lowest BCUT2D eigenvalue weighted by molar-refractivity contribution is 0.0950. The molecule has 0 fully saturated rings. The van der Waals surface area contributed by atoms with E-state index in [-0.39, 0.29) is 46.0 Å². The number of nitrogen functional groups attached to an aromatic ring is 1. The van der Waals surface area contributed by atoms with E-state index in [9.17, 15) is 14.0 Å². The smallest absolute Gasteiger partial charge is 0.255 e. The standard InChI is InChI=1S/C25H20ClFN4O4/c1-34-18-6-2-15(3-7-18)13-30-25(33)16-4-9-22(32)31(14-16)17-5-8-20(19(27)12-17)35-21-10-11-29-24(28)23(21)26/h2-12,14H,13H2,1H3,(H2,28,29)(H,30,33). The van der Waals surface area contributed by atoms with Crippen molar-refractivity contribution in [2.75, 3.05) is 12.8 Å². The van der Waals surface area contributed by atoms with Crippen LogP contribution in [0, 0.1) is 5.82 Å². The Morgan fingerprint density at radius 1 is 1.11 bits per heavy atom. The summed E-state index contributed by atoms with van der Waals surface area (Å²) < 4.78 is 26.6. The fourth-order valence-corrected chi connectivity index (χ4v) is 3.36. The van der Waals surface area contributed by atoms with Crippen LogP contribution in [0.2, 0.25) is 5.02 Å². The van der Waals surface area contributed by atoms with E-state index in [1.807, 2.05) is 12.1 Å². The highest BCUT2D eigenvalue weighted by molar-refractivity contribution is 6.34. The number of carbonyl (C=O) groups excluding carboxylic acids is 1. The van der Waals surface area contributed by atoms with Crippen LogP contribution in [0.15, 0.2) is 77.9 Å². The van der Waals surface area contributed by atoms with Gasteiger partial charge < -0.3 is 20.5 Å². The fourth-order valence-electron chi connectivity index (χ4n) is 3.21. The molecule has 3 N–H and O–H groups in total. The number of rotatable bonds is 7. The summed E-state index contributed by atoms with van der Waals surface area (Å²) in [7, 11) is 1.57. The molecular weight excluding hydrogens is 475 g/mol. The summed E-state index contributed by atoms with van der Waals surface area (Å²) in [5.74, 6) is -0.352. The molecule has 0 radical (unpaired) electrons. The van der Waals surface area contributed by atoms with Crippen molar-refractivity contribution in [3.8, 4) is 22.9 Å². The highest BCUT2D eigenvalue weighted by atomic mass is 35.5. The maximum Gasteiger partial charge on any atom is 0.255 e. The van der Waals surface area contributed by atoms with Gasteiger partial charge in [-0.1, -0.05) is 23.7 Å². The van der Waals surface area contributed by atoms with Crippen LogP contribution in [0.3, 0.4) is 0 Å². The number of carbonyl (C=O) groups is 1. The van der Waals surface area contributed by atoms with Crippen molar-refractivity contribution < 1.29 is 18.7 Å². The molecule has 0 aliphatic heterocycles. The van der Waals surface area contributed by atoms with Gasteiger partial charge in [-0.3, -0.25) is 14.2 Å². The summed E-state index contributed by atoms with van der Waals surface area (Å²) in [6.45, 7) is 0.282. The Kier molecular flexibility index (Phi) is 6.98. The molecule has 4 aromatic rings. The largest absolute Gasteiger partial charge is 0.497 e. The number of nitrogens with zero attached hydrogens (tertiary/aromatic N) is 2. The average Bonchev–Trinajstić information content (AvgIpc) is 2.87. The Bertz CT molecular complexity index is 1440. The first-order valence-electron chi connectivity index (χ1n) is 10.4. The summed E-state index contributed by atoms with van der Waals surface area (Å²) in [6, 6.07) is 15.3. The van der Waals surface area contributed by atoms with Gasteiger partial charge in [-0.2, -0.15) is 0 Å². The number of hydrogen-bond acceptors (Lipinski definition) is 6. The van der Waals surface area contributed by atoms with Crippen LogP contribution in [-0.2, 0) is 6.54 Å². The first-order chi connectivity index (χ1) is 16.9. The van der Waals surface area contributed by atoms with Crippen LogP contribution in [0.25, 0.3) is 5.69 Å². The van der Waals surface area contributed by atoms with E-state index < -0.39 is 11.4 Å². The third kappa shape index (κ3) is 5.42. The zero-order valence-corrected chi connectivity index (χ0v) is 19.3. The number of aromatic nitrogens is 2. The van der Waals surface area contributed by atoms with E-state index in [1.165, 1.54) is 47.3 Å². The Morgan fingerprint density at radius 2 is 1.89 bits per heavy atom. The minimum atomic E-state index is -0.741. The van der Waals surface area contributed by atoms with E-state index in [4.69, 9.17) is 26.8 Å². The molecule has 0 aliphatic rings. The number of hydrogen-bond donors (Lipinski definition) is 2. The monoisotopic (exact) mass is 494 g/mol. The topological polar surface area (TPSA) is 108 Å². The minimum Gasteiger partial charge on any atom is -0.497 e. The van der Waals surface area contributed by atoms with Gasteiger partial charge in [-0.15, -0.1) is 0 Å². The molecule has 2 heterocycles. The highest BCUT2D eigenvalue weighted by Gasteiger charge is 2.13. The number of benzene rings is 2. The lowest BCUT2D eigenvalue weighted by Gasteiger charge is -2.12. The normalized spacial score (nSPS) is 10.6. The number of amides is 1. The minimum absolute atomic E-state index is 0.0508. The Hall–Kier alpha value is -4.37. The lowest BCUT2D eigenvalue weighted by Crippen LogP contribution is -2.25. The zero-order chi connectivity index (χ0) is 24.9. The van der Waals surface area contributed by atoms with Crippen molar-refractivity contribution in [2.45, 2.75) is 6.54 Å². The molecule has 0 bridgehead atoms. The lowest BCUT2D eigenvalue weighted by atomic mass is 10.2. The molecule has 4 rings (SSSR count). The van der Waals surface area contributed by atoms with Crippen molar-refractivity contribution in [3.05, 3.63) is 105 Å². The van der Waals surface area contributed by atoms with E-state index in [1.54, 1.807) is 19.2 Å². The number of ether oxygens (including phenoxy) is 2. The first-order valence-corrected chi connectivity index (χ1v) is 10.7. The highest BCUT2D eigenvalue weighted by Crippen LogP contribution is 2.33. The molecule has 8 nitrogen and oxygen atoms in total. The molecule has 1 amide bonds. The molecule has 0 aliphatic carbocycles. The second-order valence-electron chi connectivity index (χ2n) is 7.38. The second kappa shape index (κ2) is 10.3. The van der Waals surface area contributed by atoms with Crippen molar-refractivity contribution in [1.82, 2.24) is 14.9 Å². The molecule has 0 unspecified atom stereocenters. The van der Waals surface area contributed by atoms with E-state index in [2.05, 4.69) is 10.3 Å². The summed E-state index contributed by atoms with van der Waals surface area (Å²) in [6.07, 6.45) is 2.73. The quantitative estimate of drug-likeness (QED) is 0.395. The third-order valence-corrected chi connectivity index (χ3v) is 5.46. The first kappa shape index (κ1) is 23.8. The van der Waals surface area contributed by atoms with Crippen LogP contribution >= 0.6 is 11.6 Å². The van der Waals surface area contributed by atoms with Gasteiger partial charge in [0.1, 0.15) is 16.6 Å². The number of halogens is 2. The van der Waals surface area contributed by atoms with Gasteiger partial charge in [0.2, 0.25) is 0 Å². The second-order valence-corrected chi connectivity index (χ2v) is 7.76. The van der Waals surface area contributed by atoms with Crippen molar-refractivity contribution in [2.24, 2.45) is 0 Å². The van der Waals surface area contributed by atoms with Crippen LogP contribution < -0.4 is 26.1 Å². The molecule has 0 atom stereocenters. The number of methoxy groups -OCH3 is 1. The maximum absolute atomic E-state index is 14.8. The molecule has 178 valence electrons. The molecule has 0 saturated heterocycles. The Labute approximate surface area is 204 Å². The van der Waals surface area contributed by atoms with Crippen molar-refractivity contribution in [3.63, 3.8) is 0 Å². The zero-order valence-electron chi connectivity index (χ0n) is 18.5.